The van der Waals surface area contributed by atoms with Gasteiger partial charge in [0.25, 0.3) is 0 Å². The molecular formula is C9H17N3OS. The number of aliphatic hydroxyl groups is 1. The Labute approximate surface area is 88.5 Å². The maximum absolute atomic E-state index is 9.49. The van der Waals surface area contributed by atoms with Crippen molar-refractivity contribution in [3.63, 3.8) is 0 Å². The molecule has 0 aliphatic rings. The molecule has 0 radical (unpaired) electrons. The van der Waals surface area contributed by atoms with Crippen LogP contribution in [0.5, 0.6) is 0 Å². The second-order valence-corrected chi connectivity index (χ2v) is 4.89. The van der Waals surface area contributed by atoms with E-state index in [4.69, 9.17) is 0 Å². The van der Waals surface area contributed by atoms with E-state index in [2.05, 4.69) is 15.2 Å². The lowest BCUT2D eigenvalue weighted by Crippen LogP contribution is -2.19. The third-order valence-corrected chi connectivity index (χ3v) is 2.64. The summed E-state index contributed by atoms with van der Waals surface area (Å²) in [5, 5.41) is 17.2. The summed E-state index contributed by atoms with van der Waals surface area (Å²) in [5.74, 6) is 1.75. The number of aryl methyl sites for hydroxylation is 1. The van der Waals surface area contributed by atoms with Crippen LogP contribution >= 0.6 is 11.8 Å². The quantitative estimate of drug-likeness (QED) is 0.733. The first kappa shape index (κ1) is 11.5. The van der Waals surface area contributed by atoms with Gasteiger partial charge in [0, 0.05) is 12.2 Å². The monoisotopic (exact) mass is 215 g/mol. The fourth-order valence-corrected chi connectivity index (χ4v) is 1.96. The fraction of sp³-hybridized carbons (Fsp3) is 0.778. The van der Waals surface area contributed by atoms with Gasteiger partial charge in [-0.05, 0) is 20.3 Å². The summed E-state index contributed by atoms with van der Waals surface area (Å²) in [4.78, 5) is 4.26. The average Bonchev–Trinajstić information content (AvgIpc) is 2.50. The van der Waals surface area contributed by atoms with Crippen LogP contribution in [0.15, 0.2) is 5.16 Å². The van der Waals surface area contributed by atoms with Gasteiger partial charge in [-0.2, -0.15) is 0 Å². The molecule has 0 aliphatic carbocycles. The highest BCUT2D eigenvalue weighted by Gasteiger charge is 2.12. The number of nitrogens with one attached hydrogen (secondary N) is 1. The summed E-state index contributed by atoms with van der Waals surface area (Å²) in [6.45, 7) is 5.65. The van der Waals surface area contributed by atoms with Crippen molar-refractivity contribution in [1.82, 2.24) is 15.2 Å². The minimum Gasteiger partial charge on any atom is -0.390 e. The number of hydrogen-bond acceptors (Lipinski definition) is 4. The summed E-state index contributed by atoms with van der Waals surface area (Å²) < 4.78 is 0. The van der Waals surface area contributed by atoms with Crippen LogP contribution < -0.4 is 0 Å². The first-order valence-electron chi connectivity index (χ1n) is 4.78. The predicted octanol–water partition coefficient (Wildman–Crippen LogP) is 1.62. The lowest BCUT2D eigenvalue weighted by atomic mass is 10.1. The van der Waals surface area contributed by atoms with Crippen molar-refractivity contribution in [2.75, 3.05) is 5.75 Å². The van der Waals surface area contributed by atoms with Crippen LogP contribution in [0, 0.1) is 0 Å². The van der Waals surface area contributed by atoms with Crippen molar-refractivity contribution in [1.29, 1.82) is 0 Å². The number of rotatable bonds is 5. The summed E-state index contributed by atoms with van der Waals surface area (Å²) >= 11 is 1.57. The highest BCUT2D eigenvalue weighted by molar-refractivity contribution is 7.99. The van der Waals surface area contributed by atoms with Gasteiger partial charge in [-0.25, -0.2) is 4.98 Å². The molecule has 14 heavy (non-hydrogen) atoms. The molecule has 0 spiro atoms. The molecule has 2 N–H and O–H groups in total. The number of thioether (sulfide) groups is 1. The van der Waals surface area contributed by atoms with Crippen LogP contribution in [0.1, 0.15) is 33.0 Å². The van der Waals surface area contributed by atoms with Crippen LogP contribution in [0.25, 0.3) is 0 Å². The average molecular weight is 215 g/mol. The maximum Gasteiger partial charge on any atom is 0.208 e. The zero-order valence-corrected chi connectivity index (χ0v) is 9.69. The van der Waals surface area contributed by atoms with E-state index in [0.717, 1.165) is 29.6 Å². The summed E-state index contributed by atoms with van der Waals surface area (Å²) in [6, 6.07) is 0. The van der Waals surface area contributed by atoms with Gasteiger partial charge in [0.2, 0.25) is 5.16 Å². The Balaban J connectivity index is 2.31. The smallest absolute Gasteiger partial charge is 0.208 e. The van der Waals surface area contributed by atoms with Gasteiger partial charge in [0.15, 0.2) is 0 Å². The van der Waals surface area contributed by atoms with E-state index < -0.39 is 5.60 Å². The van der Waals surface area contributed by atoms with Gasteiger partial charge in [-0.3, -0.25) is 5.10 Å². The van der Waals surface area contributed by atoms with Crippen molar-refractivity contribution < 1.29 is 5.11 Å². The largest absolute Gasteiger partial charge is 0.390 e. The normalized spacial score (nSPS) is 12.0. The van der Waals surface area contributed by atoms with Gasteiger partial charge in [0.05, 0.1) is 5.60 Å². The van der Waals surface area contributed by atoms with Crippen LogP contribution in [0.4, 0.5) is 0 Å². The van der Waals surface area contributed by atoms with Crippen LogP contribution in [-0.4, -0.2) is 31.6 Å². The number of aromatic nitrogens is 3. The minimum absolute atomic E-state index is 0.600. The first-order chi connectivity index (χ1) is 6.51. The molecule has 1 heterocycles. The summed E-state index contributed by atoms with van der Waals surface area (Å²) in [5.41, 5.74) is -0.600. The Kier molecular flexibility index (Phi) is 3.95. The Bertz CT molecular complexity index is 280. The molecule has 1 aromatic heterocycles. The van der Waals surface area contributed by atoms with Gasteiger partial charge in [-0.1, -0.05) is 18.7 Å². The van der Waals surface area contributed by atoms with E-state index in [1.165, 1.54) is 0 Å². The van der Waals surface area contributed by atoms with Gasteiger partial charge >= 0.3 is 0 Å². The minimum atomic E-state index is -0.600. The third kappa shape index (κ3) is 4.11. The number of H-pyrrole nitrogens is 1. The van der Waals surface area contributed by atoms with Crippen molar-refractivity contribution >= 4 is 11.8 Å². The topological polar surface area (TPSA) is 61.8 Å². The molecule has 0 amide bonds. The maximum atomic E-state index is 9.49. The SMILES string of the molecule is CCc1nc(SCCC(C)(C)O)n[nH]1. The highest BCUT2D eigenvalue weighted by atomic mass is 32.2. The molecule has 4 nitrogen and oxygen atoms in total. The Morgan fingerprint density at radius 1 is 1.50 bits per heavy atom. The van der Waals surface area contributed by atoms with Crippen molar-refractivity contribution in [2.45, 2.75) is 44.4 Å². The van der Waals surface area contributed by atoms with Gasteiger partial charge in [0.1, 0.15) is 5.82 Å². The Morgan fingerprint density at radius 3 is 2.71 bits per heavy atom. The number of nitrogens with zero attached hydrogens (tertiary/aromatic N) is 2. The van der Waals surface area contributed by atoms with E-state index in [1.54, 1.807) is 11.8 Å². The Hall–Kier alpha value is -0.550. The second kappa shape index (κ2) is 4.79. The lowest BCUT2D eigenvalue weighted by molar-refractivity contribution is 0.0777. The van der Waals surface area contributed by atoms with E-state index in [9.17, 15) is 5.11 Å². The molecule has 1 aromatic rings. The fourth-order valence-electron chi connectivity index (χ4n) is 0.893. The predicted molar refractivity (Wildman–Crippen MR) is 57.4 cm³/mol. The zero-order chi connectivity index (χ0) is 10.6. The van der Waals surface area contributed by atoms with Crippen LogP contribution in [-0.2, 0) is 6.42 Å². The molecule has 5 heteroatoms. The van der Waals surface area contributed by atoms with E-state index in [1.807, 2.05) is 20.8 Å². The van der Waals surface area contributed by atoms with Crippen LogP contribution in [0.2, 0.25) is 0 Å². The molecule has 0 bridgehead atoms. The molecule has 1 rings (SSSR count). The van der Waals surface area contributed by atoms with Crippen molar-refractivity contribution in [3.05, 3.63) is 5.82 Å². The molecule has 0 atom stereocenters. The summed E-state index contributed by atoms with van der Waals surface area (Å²) in [7, 11) is 0. The molecular weight excluding hydrogens is 198 g/mol. The number of hydrogen-bond donors (Lipinski definition) is 2. The van der Waals surface area contributed by atoms with Crippen LogP contribution in [0.3, 0.4) is 0 Å². The Morgan fingerprint density at radius 2 is 2.21 bits per heavy atom. The molecule has 0 fully saturated rings. The highest BCUT2D eigenvalue weighted by Crippen LogP contribution is 2.18. The first-order valence-corrected chi connectivity index (χ1v) is 5.76. The number of aromatic amines is 1. The van der Waals surface area contributed by atoms with E-state index in [0.29, 0.717) is 0 Å². The van der Waals surface area contributed by atoms with Crippen molar-refractivity contribution in [2.24, 2.45) is 0 Å². The second-order valence-electron chi connectivity index (χ2n) is 3.83. The van der Waals surface area contributed by atoms with E-state index in [-0.39, 0.29) is 0 Å². The summed E-state index contributed by atoms with van der Waals surface area (Å²) in [6.07, 6.45) is 1.62. The van der Waals surface area contributed by atoms with Crippen molar-refractivity contribution in [3.8, 4) is 0 Å². The standard InChI is InChI=1S/C9H17N3OS/c1-4-7-10-8(12-11-7)14-6-5-9(2,3)13/h13H,4-6H2,1-3H3,(H,10,11,12). The lowest BCUT2D eigenvalue weighted by Gasteiger charge is -2.15. The molecule has 0 aromatic carbocycles. The third-order valence-electron chi connectivity index (χ3n) is 1.79. The van der Waals surface area contributed by atoms with E-state index >= 15 is 0 Å². The molecule has 0 unspecified atom stereocenters. The zero-order valence-electron chi connectivity index (χ0n) is 8.87. The molecule has 0 saturated carbocycles. The molecule has 0 saturated heterocycles. The van der Waals surface area contributed by atoms with Gasteiger partial charge < -0.3 is 5.11 Å². The molecule has 80 valence electrons. The molecule has 0 aliphatic heterocycles. The van der Waals surface area contributed by atoms with Gasteiger partial charge in [-0.15, -0.1) is 5.10 Å².